The molecule has 1 fully saturated rings. The second-order valence-electron chi connectivity index (χ2n) is 7.69. The highest BCUT2D eigenvalue weighted by Crippen LogP contribution is 2.60. The van der Waals surface area contributed by atoms with Gasteiger partial charge in [0, 0.05) is 24.7 Å². The van der Waals surface area contributed by atoms with Crippen LogP contribution >= 0.6 is 0 Å². The maximum absolute atomic E-state index is 13.4. The van der Waals surface area contributed by atoms with E-state index in [1.54, 1.807) is 16.9 Å². The van der Waals surface area contributed by atoms with Gasteiger partial charge < -0.3 is 4.42 Å². The van der Waals surface area contributed by atoms with Crippen LogP contribution in [0.25, 0.3) is 5.65 Å². The van der Waals surface area contributed by atoms with Gasteiger partial charge in [-0.05, 0) is 42.0 Å². The average Bonchev–Trinajstić information content (AvgIpc) is 3.14. The van der Waals surface area contributed by atoms with Crippen molar-refractivity contribution in [3.05, 3.63) is 94.6 Å². The molecule has 2 aliphatic rings. The van der Waals surface area contributed by atoms with Crippen LogP contribution in [-0.2, 0) is 6.42 Å². The zero-order valence-corrected chi connectivity index (χ0v) is 15.2. The monoisotopic (exact) mass is 369 g/mol. The lowest BCUT2D eigenvalue weighted by atomic mass is 10.0. The zero-order chi connectivity index (χ0) is 18.7. The van der Waals surface area contributed by atoms with Gasteiger partial charge in [-0.25, -0.2) is 4.98 Å². The van der Waals surface area contributed by atoms with E-state index in [1.165, 1.54) is 5.56 Å². The van der Waals surface area contributed by atoms with Crippen LogP contribution in [0.5, 0.6) is 0 Å². The summed E-state index contributed by atoms with van der Waals surface area (Å²) in [5.74, 6) is 2.66. The van der Waals surface area contributed by atoms with E-state index in [0.29, 0.717) is 17.5 Å². The number of anilines is 2. The van der Waals surface area contributed by atoms with Gasteiger partial charge in [0.2, 0.25) is 5.88 Å². The number of hydrogen-bond donors (Lipinski definition) is 0. The number of aromatic nitrogens is 2. The van der Waals surface area contributed by atoms with Gasteiger partial charge in [0.15, 0.2) is 0 Å². The predicted molar refractivity (Wildman–Crippen MR) is 107 cm³/mol. The molecule has 5 heteroatoms. The lowest BCUT2D eigenvalue weighted by molar-refractivity contribution is 0.546. The molecule has 0 saturated heterocycles. The van der Waals surface area contributed by atoms with Crippen molar-refractivity contribution in [1.29, 1.82) is 0 Å². The number of fused-ring (bicyclic) bond motifs is 4. The number of benzene rings is 1. The van der Waals surface area contributed by atoms with Crippen molar-refractivity contribution in [1.82, 2.24) is 9.38 Å². The van der Waals surface area contributed by atoms with Crippen molar-refractivity contribution < 1.29 is 4.42 Å². The molecule has 0 spiro atoms. The van der Waals surface area contributed by atoms with E-state index < -0.39 is 0 Å². The minimum atomic E-state index is 0.0439. The van der Waals surface area contributed by atoms with Gasteiger partial charge in [-0.15, -0.1) is 0 Å². The van der Waals surface area contributed by atoms with E-state index in [1.807, 2.05) is 36.4 Å². The first kappa shape index (κ1) is 15.7. The second-order valence-corrected chi connectivity index (χ2v) is 7.69. The summed E-state index contributed by atoms with van der Waals surface area (Å²) in [7, 11) is 0. The summed E-state index contributed by atoms with van der Waals surface area (Å²) >= 11 is 0. The Kier molecular flexibility index (Phi) is 3.27. The van der Waals surface area contributed by atoms with Crippen LogP contribution in [-0.4, -0.2) is 15.9 Å². The standard InChI is InChI=1S/C23H19N3O2/c27-23-21-20-16(13-15-7-2-1-3-8-15)17(20)14-26(19-10-6-12-28-19)22(21)24-18-9-4-5-11-25(18)23/h1-12,16-17,20H,13-14H2/t16-,17-,20+/m0/s1. The Bertz CT molecular complexity index is 1210. The highest BCUT2D eigenvalue weighted by atomic mass is 16.3. The lowest BCUT2D eigenvalue weighted by Crippen LogP contribution is -2.32. The molecule has 4 heterocycles. The van der Waals surface area contributed by atoms with Crippen molar-refractivity contribution in [2.45, 2.75) is 12.3 Å². The summed E-state index contributed by atoms with van der Waals surface area (Å²) in [4.78, 5) is 20.3. The first-order valence-electron chi connectivity index (χ1n) is 9.67. The molecule has 0 amide bonds. The van der Waals surface area contributed by atoms with Gasteiger partial charge in [-0.1, -0.05) is 36.4 Å². The Balaban J connectivity index is 1.50. The molecule has 5 nitrogen and oxygen atoms in total. The van der Waals surface area contributed by atoms with E-state index >= 15 is 0 Å². The van der Waals surface area contributed by atoms with Crippen LogP contribution in [0.3, 0.4) is 0 Å². The van der Waals surface area contributed by atoms with Gasteiger partial charge in [0.25, 0.3) is 5.56 Å². The first-order valence-corrected chi connectivity index (χ1v) is 9.67. The van der Waals surface area contributed by atoms with E-state index in [-0.39, 0.29) is 11.5 Å². The SMILES string of the molecule is O=c1c2c(nc3ccccn13)N(c1ccco1)C[C@H]1[C@H](Cc3ccccc3)[C@@H]21. The number of nitrogens with zero attached hydrogens (tertiary/aromatic N) is 3. The molecule has 0 radical (unpaired) electrons. The van der Waals surface area contributed by atoms with Crippen molar-refractivity contribution in [3.63, 3.8) is 0 Å². The van der Waals surface area contributed by atoms with Gasteiger partial charge in [0.1, 0.15) is 11.5 Å². The molecule has 138 valence electrons. The van der Waals surface area contributed by atoms with Gasteiger partial charge in [0.05, 0.1) is 11.8 Å². The zero-order valence-electron chi connectivity index (χ0n) is 15.2. The molecular formula is C23H19N3O2. The topological polar surface area (TPSA) is 50.8 Å². The van der Waals surface area contributed by atoms with Crippen molar-refractivity contribution in [2.24, 2.45) is 11.8 Å². The highest BCUT2D eigenvalue weighted by Gasteiger charge is 2.57. The third kappa shape index (κ3) is 2.26. The number of rotatable bonds is 3. The van der Waals surface area contributed by atoms with E-state index in [4.69, 9.17) is 9.40 Å². The smallest absolute Gasteiger partial charge is 0.263 e. The summed E-state index contributed by atoms with van der Waals surface area (Å²) in [6.45, 7) is 0.831. The Morgan fingerprint density at radius 2 is 1.89 bits per heavy atom. The van der Waals surface area contributed by atoms with E-state index in [9.17, 15) is 4.79 Å². The maximum Gasteiger partial charge on any atom is 0.263 e. The van der Waals surface area contributed by atoms with Gasteiger partial charge in [-0.3, -0.25) is 14.1 Å². The van der Waals surface area contributed by atoms with Crippen molar-refractivity contribution in [3.8, 4) is 0 Å². The Labute approximate surface area is 161 Å². The third-order valence-corrected chi connectivity index (χ3v) is 6.15. The molecule has 1 aromatic carbocycles. The summed E-state index contributed by atoms with van der Waals surface area (Å²) in [6.07, 6.45) is 4.46. The van der Waals surface area contributed by atoms with Gasteiger partial charge in [-0.2, -0.15) is 0 Å². The Hall–Kier alpha value is -3.34. The normalized spacial score (nSPS) is 22.7. The molecule has 1 saturated carbocycles. The minimum Gasteiger partial charge on any atom is -0.448 e. The molecule has 3 aromatic heterocycles. The Morgan fingerprint density at radius 1 is 1.04 bits per heavy atom. The Morgan fingerprint density at radius 3 is 2.71 bits per heavy atom. The van der Waals surface area contributed by atoms with Gasteiger partial charge >= 0.3 is 0 Å². The summed E-state index contributed by atoms with van der Waals surface area (Å²) in [5.41, 5.74) is 2.86. The minimum absolute atomic E-state index is 0.0439. The first-order chi connectivity index (χ1) is 13.8. The summed E-state index contributed by atoms with van der Waals surface area (Å²) in [5, 5.41) is 0. The molecule has 1 aliphatic carbocycles. The molecule has 28 heavy (non-hydrogen) atoms. The number of pyridine rings is 1. The summed E-state index contributed by atoms with van der Waals surface area (Å²) < 4.78 is 7.35. The van der Waals surface area contributed by atoms with E-state index in [2.05, 4.69) is 29.2 Å². The maximum atomic E-state index is 13.4. The fourth-order valence-corrected chi connectivity index (χ4v) is 4.79. The fraction of sp³-hybridized carbons (Fsp3) is 0.217. The van der Waals surface area contributed by atoms with Crippen LogP contribution < -0.4 is 10.5 Å². The highest BCUT2D eigenvalue weighted by molar-refractivity contribution is 5.66. The summed E-state index contributed by atoms with van der Waals surface area (Å²) in [6, 6.07) is 20.0. The molecular weight excluding hydrogens is 350 g/mol. The van der Waals surface area contributed by atoms with E-state index in [0.717, 1.165) is 30.2 Å². The van der Waals surface area contributed by atoms with Crippen LogP contribution in [0.15, 0.2) is 82.3 Å². The van der Waals surface area contributed by atoms with Crippen molar-refractivity contribution >= 4 is 17.3 Å². The molecule has 6 rings (SSSR count). The predicted octanol–water partition coefficient (Wildman–Crippen LogP) is 4.01. The quantitative estimate of drug-likeness (QED) is 0.547. The number of hydrogen-bond acceptors (Lipinski definition) is 4. The molecule has 0 unspecified atom stereocenters. The average molecular weight is 369 g/mol. The molecule has 3 atom stereocenters. The molecule has 4 aromatic rings. The van der Waals surface area contributed by atoms with Crippen LogP contribution in [0.1, 0.15) is 17.0 Å². The molecule has 0 bridgehead atoms. The van der Waals surface area contributed by atoms with Crippen LogP contribution in [0.2, 0.25) is 0 Å². The second kappa shape index (κ2) is 5.83. The lowest BCUT2D eigenvalue weighted by Gasteiger charge is -2.27. The van der Waals surface area contributed by atoms with Crippen molar-refractivity contribution in [2.75, 3.05) is 11.4 Å². The number of furan rings is 1. The molecule has 0 N–H and O–H groups in total. The van der Waals surface area contributed by atoms with Crippen LogP contribution in [0, 0.1) is 11.8 Å². The largest absolute Gasteiger partial charge is 0.448 e. The fourth-order valence-electron chi connectivity index (χ4n) is 4.79. The van der Waals surface area contributed by atoms with Crippen LogP contribution in [0.4, 0.5) is 11.7 Å². The molecule has 1 aliphatic heterocycles. The third-order valence-electron chi connectivity index (χ3n) is 6.15.